The first kappa shape index (κ1) is 23.0. The van der Waals surface area contributed by atoms with Gasteiger partial charge in [0.15, 0.2) is 0 Å². The number of imide groups is 1. The van der Waals surface area contributed by atoms with Gasteiger partial charge in [0.2, 0.25) is 0 Å². The van der Waals surface area contributed by atoms with Crippen molar-refractivity contribution in [3.05, 3.63) is 94.9 Å². The van der Waals surface area contributed by atoms with Crippen LogP contribution >= 0.6 is 0 Å². The molecule has 0 fully saturated rings. The number of pyridine rings is 1. The Labute approximate surface area is 193 Å². The zero-order chi connectivity index (χ0) is 24.5. The Morgan fingerprint density at radius 3 is 2.47 bits per heavy atom. The fourth-order valence-corrected chi connectivity index (χ4v) is 3.77. The zero-order valence-electron chi connectivity index (χ0n) is 18.3. The third kappa shape index (κ3) is 4.93. The summed E-state index contributed by atoms with van der Waals surface area (Å²) in [6, 6.07) is 14.0. The van der Waals surface area contributed by atoms with Gasteiger partial charge < -0.3 is 10.1 Å². The number of aryl methyl sites for hydroxylation is 2. The highest BCUT2D eigenvalue weighted by atomic mass is 19.4. The van der Waals surface area contributed by atoms with Gasteiger partial charge in [0, 0.05) is 24.1 Å². The summed E-state index contributed by atoms with van der Waals surface area (Å²) in [4.78, 5) is 31.9. The predicted octanol–water partition coefficient (Wildman–Crippen LogP) is 4.99. The maximum atomic E-state index is 13.4. The van der Waals surface area contributed by atoms with Crippen molar-refractivity contribution >= 4 is 23.1 Å². The van der Waals surface area contributed by atoms with Gasteiger partial charge in [-0.3, -0.25) is 19.5 Å². The van der Waals surface area contributed by atoms with Crippen LogP contribution in [0.25, 0.3) is 5.57 Å². The Hall–Kier alpha value is -4.14. The van der Waals surface area contributed by atoms with E-state index in [0.717, 1.165) is 28.2 Å². The highest BCUT2D eigenvalue weighted by Gasteiger charge is 2.40. The summed E-state index contributed by atoms with van der Waals surface area (Å²) < 4.78 is 41.9. The highest BCUT2D eigenvalue weighted by molar-refractivity contribution is 6.36. The van der Waals surface area contributed by atoms with Crippen molar-refractivity contribution in [3.8, 4) is 5.75 Å². The highest BCUT2D eigenvalue weighted by Crippen LogP contribution is 2.34. The molecule has 1 aliphatic heterocycles. The van der Waals surface area contributed by atoms with Gasteiger partial charge >= 0.3 is 6.36 Å². The molecular weight excluding hydrogens is 447 g/mol. The van der Waals surface area contributed by atoms with Crippen LogP contribution in [0.1, 0.15) is 22.3 Å². The van der Waals surface area contributed by atoms with Crippen molar-refractivity contribution in [1.29, 1.82) is 0 Å². The summed E-state index contributed by atoms with van der Waals surface area (Å²) >= 11 is 0. The Bertz CT molecular complexity index is 1290. The van der Waals surface area contributed by atoms with Gasteiger partial charge in [0.25, 0.3) is 11.8 Å². The monoisotopic (exact) mass is 467 g/mol. The molecule has 0 spiro atoms. The summed E-state index contributed by atoms with van der Waals surface area (Å²) in [6.07, 6.45) is -1.72. The lowest BCUT2D eigenvalue weighted by molar-refractivity contribution is -0.274. The molecule has 0 saturated carbocycles. The predicted molar refractivity (Wildman–Crippen MR) is 119 cm³/mol. The Balaban J connectivity index is 1.75. The van der Waals surface area contributed by atoms with Crippen LogP contribution in [-0.4, -0.2) is 28.1 Å². The smallest absolute Gasteiger partial charge is 0.406 e. The number of halogens is 3. The number of ether oxygens (including phenoxy) is 1. The van der Waals surface area contributed by atoms with Crippen molar-refractivity contribution in [1.82, 2.24) is 9.88 Å². The van der Waals surface area contributed by atoms with Crippen LogP contribution in [0.2, 0.25) is 0 Å². The van der Waals surface area contributed by atoms with E-state index in [4.69, 9.17) is 0 Å². The molecule has 174 valence electrons. The van der Waals surface area contributed by atoms with E-state index in [1.54, 1.807) is 30.6 Å². The summed E-state index contributed by atoms with van der Waals surface area (Å²) in [7, 11) is 0. The largest absolute Gasteiger partial charge is 0.573 e. The van der Waals surface area contributed by atoms with Crippen LogP contribution in [0.4, 0.5) is 18.9 Å². The number of nitrogens with zero attached hydrogens (tertiary/aromatic N) is 2. The van der Waals surface area contributed by atoms with Crippen molar-refractivity contribution in [2.75, 3.05) is 5.32 Å². The van der Waals surface area contributed by atoms with Gasteiger partial charge in [-0.15, -0.1) is 13.2 Å². The second-order valence-electron chi connectivity index (χ2n) is 7.83. The van der Waals surface area contributed by atoms with Gasteiger partial charge in [0.05, 0.1) is 12.1 Å². The second kappa shape index (κ2) is 9.01. The molecule has 2 aromatic carbocycles. The topological polar surface area (TPSA) is 71.5 Å². The van der Waals surface area contributed by atoms with E-state index in [2.05, 4.69) is 15.0 Å². The summed E-state index contributed by atoms with van der Waals surface area (Å²) in [5.41, 5.74) is 3.28. The Kier molecular flexibility index (Phi) is 6.10. The van der Waals surface area contributed by atoms with Crippen molar-refractivity contribution in [2.24, 2.45) is 0 Å². The minimum absolute atomic E-state index is 0.00230. The molecule has 4 rings (SSSR count). The maximum absolute atomic E-state index is 13.4. The lowest BCUT2D eigenvalue weighted by atomic mass is 9.97. The van der Waals surface area contributed by atoms with E-state index in [0.29, 0.717) is 11.1 Å². The number of rotatable bonds is 6. The molecule has 1 aromatic heterocycles. The number of hydrogen-bond donors (Lipinski definition) is 1. The van der Waals surface area contributed by atoms with Crippen LogP contribution < -0.4 is 10.1 Å². The minimum atomic E-state index is -4.86. The van der Waals surface area contributed by atoms with E-state index in [1.165, 1.54) is 12.1 Å². The van der Waals surface area contributed by atoms with Crippen LogP contribution in [0.15, 0.2) is 72.7 Å². The van der Waals surface area contributed by atoms with Gasteiger partial charge in [-0.25, -0.2) is 0 Å². The molecule has 2 heterocycles. The van der Waals surface area contributed by atoms with Gasteiger partial charge in [0.1, 0.15) is 11.4 Å². The number of aromatic nitrogens is 1. The van der Waals surface area contributed by atoms with E-state index >= 15 is 0 Å². The van der Waals surface area contributed by atoms with E-state index in [9.17, 15) is 22.8 Å². The van der Waals surface area contributed by atoms with E-state index < -0.39 is 23.9 Å². The molecular formula is C25H20F3N3O3. The van der Waals surface area contributed by atoms with Crippen molar-refractivity contribution in [3.63, 3.8) is 0 Å². The van der Waals surface area contributed by atoms with Crippen LogP contribution in [0.3, 0.4) is 0 Å². The molecule has 6 nitrogen and oxygen atoms in total. The molecule has 0 atom stereocenters. The first-order valence-electron chi connectivity index (χ1n) is 10.3. The SMILES string of the molecule is Cc1ccc(C2=C(Nc3cccc(OC(F)(F)F)c3)C(=O)N(Cc3cccnc3)C2=O)c(C)c1. The number of nitrogens with one attached hydrogen (secondary N) is 1. The molecule has 1 aliphatic rings. The number of carbonyl (C=O) groups is 2. The summed E-state index contributed by atoms with van der Waals surface area (Å²) in [5.74, 6) is -1.55. The Morgan fingerprint density at radius 2 is 1.79 bits per heavy atom. The Morgan fingerprint density at radius 1 is 1.00 bits per heavy atom. The van der Waals surface area contributed by atoms with E-state index in [1.807, 2.05) is 26.0 Å². The number of anilines is 1. The summed E-state index contributed by atoms with van der Waals surface area (Å²) in [5, 5.41) is 2.86. The van der Waals surface area contributed by atoms with Crippen LogP contribution in [0.5, 0.6) is 5.75 Å². The lowest BCUT2D eigenvalue weighted by Gasteiger charge is -2.15. The zero-order valence-corrected chi connectivity index (χ0v) is 18.3. The summed E-state index contributed by atoms with van der Waals surface area (Å²) in [6.45, 7) is 3.74. The molecule has 0 radical (unpaired) electrons. The molecule has 0 unspecified atom stereocenters. The molecule has 1 N–H and O–H groups in total. The molecule has 0 bridgehead atoms. The third-order valence-corrected chi connectivity index (χ3v) is 5.22. The molecule has 34 heavy (non-hydrogen) atoms. The normalized spacial score (nSPS) is 14.1. The molecule has 3 aromatic rings. The molecule has 0 aliphatic carbocycles. The van der Waals surface area contributed by atoms with Crippen LogP contribution in [0, 0.1) is 13.8 Å². The minimum Gasteiger partial charge on any atom is -0.406 e. The van der Waals surface area contributed by atoms with Gasteiger partial charge in [-0.2, -0.15) is 0 Å². The maximum Gasteiger partial charge on any atom is 0.573 e. The average molecular weight is 467 g/mol. The molecule has 0 saturated heterocycles. The van der Waals surface area contributed by atoms with Gasteiger partial charge in [-0.1, -0.05) is 35.9 Å². The van der Waals surface area contributed by atoms with Gasteiger partial charge in [-0.05, 0) is 48.7 Å². The van der Waals surface area contributed by atoms with Crippen molar-refractivity contribution < 1.29 is 27.5 Å². The average Bonchev–Trinajstić information content (AvgIpc) is 2.98. The second-order valence-corrected chi connectivity index (χ2v) is 7.83. The number of carbonyl (C=O) groups excluding carboxylic acids is 2. The first-order chi connectivity index (χ1) is 16.1. The number of amides is 2. The standard InChI is InChI=1S/C25H20F3N3O3/c1-15-8-9-20(16(2)11-15)21-22(30-18-6-3-7-19(12-18)34-25(26,27)28)24(33)31(23(21)32)14-17-5-4-10-29-13-17/h3-13,30H,14H2,1-2H3. The molecule has 9 heteroatoms. The first-order valence-corrected chi connectivity index (χ1v) is 10.3. The number of hydrogen-bond acceptors (Lipinski definition) is 5. The fraction of sp³-hybridized carbons (Fsp3) is 0.160. The number of alkyl halides is 3. The molecule has 2 amide bonds. The van der Waals surface area contributed by atoms with E-state index in [-0.39, 0.29) is 23.5 Å². The quantitative estimate of drug-likeness (QED) is 0.518. The fourth-order valence-electron chi connectivity index (χ4n) is 3.77. The lowest BCUT2D eigenvalue weighted by Crippen LogP contribution is -2.32. The van der Waals surface area contributed by atoms with Crippen molar-refractivity contribution in [2.45, 2.75) is 26.8 Å². The van der Waals surface area contributed by atoms with Crippen LogP contribution in [-0.2, 0) is 16.1 Å². The number of benzene rings is 2. The third-order valence-electron chi connectivity index (χ3n) is 5.22.